The number of hydrogen-bond acceptors (Lipinski definition) is 4. The van der Waals surface area contributed by atoms with Gasteiger partial charge in [0.25, 0.3) is 0 Å². The monoisotopic (exact) mass is 356 g/mol. The maximum absolute atomic E-state index is 14.1. The SMILES string of the molecule is Cc1ccc(COCc2oc(O)c(F)c2OCc2ccc(C)cc2)cc1. The van der Waals surface area contributed by atoms with E-state index in [0.29, 0.717) is 6.61 Å². The first-order valence-electron chi connectivity index (χ1n) is 8.34. The Morgan fingerprint density at radius 1 is 0.846 bits per heavy atom. The van der Waals surface area contributed by atoms with Crippen molar-refractivity contribution in [1.82, 2.24) is 0 Å². The van der Waals surface area contributed by atoms with E-state index in [4.69, 9.17) is 13.9 Å². The summed E-state index contributed by atoms with van der Waals surface area (Å²) in [5.41, 5.74) is 4.18. The largest absolute Gasteiger partial charge is 0.482 e. The first-order chi connectivity index (χ1) is 12.5. The second-order valence-corrected chi connectivity index (χ2v) is 6.23. The van der Waals surface area contributed by atoms with Crippen LogP contribution in [0, 0.1) is 19.7 Å². The van der Waals surface area contributed by atoms with Crippen LogP contribution in [-0.4, -0.2) is 5.11 Å². The molecule has 0 atom stereocenters. The van der Waals surface area contributed by atoms with E-state index in [0.717, 1.165) is 16.7 Å². The molecule has 2 aromatic carbocycles. The predicted molar refractivity (Wildman–Crippen MR) is 95.5 cm³/mol. The van der Waals surface area contributed by atoms with Crippen LogP contribution in [0.1, 0.15) is 28.0 Å². The molecule has 0 aliphatic carbocycles. The molecule has 0 amide bonds. The summed E-state index contributed by atoms with van der Waals surface area (Å²) in [5, 5.41) is 9.52. The van der Waals surface area contributed by atoms with E-state index in [2.05, 4.69) is 0 Å². The molecule has 3 rings (SSSR count). The zero-order valence-corrected chi connectivity index (χ0v) is 14.8. The van der Waals surface area contributed by atoms with Crippen LogP contribution in [0.25, 0.3) is 0 Å². The van der Waals surface area contributed by atoms with Crippen LogP contribution in [0.5, 0.6) is 11.7 Å². The molecular formula is C21H21FO4. The molecule has 0 saturated carbocycles. The van der Waals surface area contributed by atoms with Crippen molar-refractivity contribution < 1.29 is 23.4 Å². The van der Waals surface area contributed by atoms with Gasteiger partial charge in [0.2, 0.25) is 11.6 Å². The minimum Gasteiger partial charge on any atom is -0.482 e. The van der Waals surface area contributed by atoms with Crippen LogP contribution < -0.4 is 4.74 Å². The Morgan fingerprint density at radius 3 is 1.96 bits per heavy atom. The fraction of sp³-hybridized carbons (Fsp3) is 0.238. The number of aryl methyl sites for hydroxylation is 2. The smallest absolute Gasteiger partial charge is 0.323 e. The van der Waals surface area contributed by atoms with Gasteiger partial charge in [0, 0.05) is 0 Å². The highest BCUT2D eigenvalue weighted by molar-refractivity contribution is 5.34. The van der Waals surface area contributed by atoms with Crippen LogP contribution in [-0.2, 0) is 24.6 Å². The molecular weight excluding hydrogens is 335 g/mol. The lowest BCUT2D eigenvalue weighted by Gasteiger charge is -2.08. The molecule has 4 nitrogen and oxygen atoms in total. The van der Waals surface area contributed by atoms with E-state index in [1.807, 2.05) is 62.4 Å². The Labute approximate surface area is 151 Å². The van der Waals surface area contributed by atoms with Gasteiger partial charge in [0.15, 0.2) is 5.76 Å². The third kappa shape index (κ3) is 4.43. The van der Waals surface area contributed by atoms with Gasteiger partial charge in [-0.25, -0.2) is 0 Å². The summed E-state index contributed by atoms with van der Waals surface area (Å²) >= 11 is 0. The molecule has 0 aliphatic rings. The molecule has 136 valence electrons. The van der Waals surface area contributed by atoms with Crippen molar-refractivity contribution >= 4 is 0 Å². The number of aromatic hydroxyl groups is 1. The van der Waals surface area contributed by atoms with Crippen molar-refractivity contribution in [2.45, 2.75) is 33.7 Å². The number of hydrogen-bond donors (Lipinski definition) is 1. The predicted octanol–water partition coefficient (Wildman–Crippen LogP) is 5.04. The topological polar surface area (TPSA) is 51.8 Å². The van der Waals surface area contributed by atoms with Crippen LogP contribution in [0.2, 0.25) is 0 Å². The molecule has 0 saturated heterocycles. The summed E-state index contributed by atoms with van der Waals surface area (Å²) in [6.07, 6.45) is 0. The molecule has 1 N–H and O–H groups in total. The Hall–Kier alpha value is -2.79. The Balaban J connectivity index is 1.62. The van der Waals surface area contributed by atoms with Crippen molar-refractivity contribution in [2.24, 2.45) is 0 Å². The third-order valence-corrected chi connectivity index (χ3v) is 3.99. The van der Waals surface area contributed by atoms with Crippen LogP contribution >= 0.6 is 0 Å². The van der Waals surface area contributed by atoms with Crippen molar-refractivity contribution in [3.63, 3.8) is 0 Å². The summed E-state index contributed by atoms with van der Waals surface area (Å²) in [6, 6.07) is 15.6. The fourth-order valence-electron chi connectivity index (χ4n) is 2.45. The van der Waals surface area contributed by atoms with Gasteiger partial charge in [0.1, 0.15) is 13.2 Å². The molecule has 26 heavy (non-hydrogen) atoms. The minimum absolute atomic E-state index is 0.00537. The fourth-order valence-corrected chi connectivity index (χ4v) is 2.45. The number of benzene rings is 2. The molecule has 1 aromatic heterocycles. The first-order valence-corrected chi connectivity index (χ1v) is 8.34. The first kappa shape index (κ1) is 18.0. The van der Waals surface area contributed by atoms with E-state index >= 15 is 0 Å². The van der Waals surface area contributed by atoms with Crippen LogP contribution in [0.4, 0.5) is 4.39 Å². The van der Waals surface area contributed by atoms with Crippen LogP contribution in [0.15, 0.2) is 52.9 Å². The van der Waals surface area contributed by atoms with E-state index in [1.54, 1.807) is 0 Å². The summed E-state index contributed by atoms with van der Waals surface area (Å²) in [7, 11) is 0. The molecule has 0 bridgehead atoms. The van der Waals surface area contributed by atoms with E-state index in [1.165, 1.54) is 5.56 Å². The molecule has 0 fully saturated rings. The van der Waals surface area contributed by atoms with Gasteiger partial charge in [-0.2, -0.15) is 4.39 Å². The molecule has 0 aliphatic heterocycles. The summed E-state index contributed by atoms with van der Waals surface area (Å²) in [4.78, 5) is 0. The Kier molecular flexibility index (Phi) is 5.58. The zero-order chi connectivity index (χ0) is 18.5. The number of rotatable bonds is 7. The van der Waals surface area contributed by atoms with Crippen molar-refractivity contribution in [2.75, 3.05) is 0 Å². The highest BCUT2D eigenvalue weighted by atomic mass is 19.1. The molecule has 0 radical (unpaired) electrons. The maximum Gasteiger partial charge on any atom is 0.323 e. The number of furan rings is 1. The zero-order valence-electron chi connectivity index (χ0n) is 14.8. The summed E-state index contributed by atoms with van der Waals surface area (Å²) in [5.74, 6) is -1.70. The lowest BCUT2D eigenvalue weighted by Crippen LogP contribution is -2.00. The van der Waals surface area contributed by atoms with Crippen LogP contribution in [0.3, 0.4) is 0 Å². The average Bonchev–Trinajstić information content (AvgIpc) is 2.90. The highest BCUT2D eigenvalue weighted by Crippen LogP contribution is 2.34. The molecule has 0 unspecified atom stereocenters. The summed E-state index contributed by atoms with van der Waals surface area (Å²) < 4.78 is 30.2. The van der Waals surface area contributed by atoms with Crippen molar-refractivity contribution in [3.8, 4) is 11.7 Å². The molecule has 1 heterocycles. The van der Waals surface area contributed by atoms with Gasteiger partial charge in [0.05, 0.1) is 6.61 Å². The lowest BCUT2D eigenvalue weighted by molar-refractivity contribution is 0.0870. The molecule has 0 spiro atoms. The average molecular weight is 356 g/mol. The van der Waals surface area contributed by atoms with E-state index in [-0.39, 0.29) is 24.7 Å². The summed E-state index contributed by atoms with van der Waals surface area (Å²) in [6.45, 7) is 4.51. The van der Waals surface area contributed by atoms with Gasteiger partial charge in [-0.05, 0) is 25.0 Å². The molecule has 5 heteroatoms. The normalized spacial score (nSPS) is 10.9. The van der Waals surface area contributed by atoms with Gasteiger partial charge >= 0.3 is 5.95 Å². The van der Waals surface area contributed by atoms with Gasteiger partial charge in [-0.1, -0.05) is 59.7 Å². The van der Waals surface area contributed by atoms with Crippen molar-refractivity contribution in [3.05, 3.63) is 82.4 Å². The standard InChI is InChI=1S/C21H21FO4/c1-14-3-7-16(8-4-14)11-24-13-18-20(19(22)21(23)26-18)25-12-17-9-5-15(2)6-10-17/h3-10,23H,11-13H2,1-2H3. The second-order valence-electron chi connectivity index (χ2n) is 6.23. The lowest BCUT2D eigenvalue weighted by atomic mass is 10.2. The number of halogens is 1. The Morgan fingerprint density at radius 2 is 1.38 bits per heavy atom. The Bertz CT molecular complexity index is 851. The highest BCUT2D eigenvalue weighted by Gasteiger charge is 2.22. The van der Waals surface area contributed by atoms with E-state index < -0.39 is 11.8 Å². The van der Waals surface area contributed by atoms with Crippen molar-refractivity contribution in [1.29, 1.82) is 0 Å². The van der Waals surface area contributed by atoms with Gasteiger partial charge in [-0.15, -0.1) is 0 Å². The number of ether oxygens (including phenoxy) is 2. The quantitative estimate of drug-likeness (QED) is 0.644. The maximum atomic E-state index is 14.1. The minimum atomic E-state index is -0.911. The van der Waals surface area contributed by atoms with E-state index in [9.17, 15) is 9.50 Å². The van der Waals surface area contributed by atoms with Gasteiger partial charge in [-0.3, -0.25) is 0 Å². The molecule has 3 aromatic rings. The third-order valence-electron chi connectivity index (χ3n) is 3.99. The van der Waals surface area contributed by atoms with Gasteiger partial charge < -0.3 is 19.0 Å². The second kappa shape index (κ2) is 8.06.